The van der Waals surface area contributed by atoms with Crippen LogP contribution >= 0.6 is 0 Å². The lowest BCUT2D eigenvalue weighted by molar-refractivity contribution is -0.144. The predicted octanol–water partition coefficient (Wildman–Crippen LogP) is 3.93. The second-order valence-corrected chi connectivity index (χ2v) is 5.68. The van der Waals surface area contributed by atoms with Gasteiger partial charge in [-0.05, 0) is 30.7 Å². The smallest absolute Gasteiger partial charge is 0.316 e. The first kappa shape index (κ1) is 16.0. The van der Waals surface area contributed by atoms with Crippen molar-refractivity contribution < 1.29 is 9.53 Å². The van der Waals surface area contributed by atoms with Crippen molar-refractivity contribution in [3.8, 4) is 0 Å². The van der Waals surface area contributed by atoms with Crippen molar-refractivity contribution >= 4 is 23.1 Å². The van der Waals surface area contributed by atoms with Crippen molar-refractivity contribution in [3.05, 3.63) is 72.1 Å². The highest BCUT2D eigenvalue weighted by molar-refractivity contribution is 5.81. The van der Waals surface area contributed by atoms with Gasteiger partial charge in [-0.3, -0.25) is 4.79 Å². The molecular weight excluding hydrogens is 300 g/mol. The molecule has 0 amide bonds. The number of benzene rings is 2. The second-order valence-electron chi connectivity index (χ2n) is 5.68. The fraction of sp³-hybridized carbons (Fsp3) is 0.200. The van der Waals surface area contributed by atoms with Gasteiger partial charge in [-0.15, -0.1) is 0 Å². The Labute approximate surface area is 141 Å². The zero-order valence-electron chi connectivity index (χ0n) is 13.8. The Kier molecular flexibility index (Phi) is 4.75. The number of para-hydroxylation sites is 2. The third kappa shape index (κ3) is 3.38. The van der Waals surface area contributed by atoms with Crippen molar-refractivity contribution in [1.82, 2.24) is 9.55 Å². The van der Waals surface area contributed by atoms with Gasteiger partial charge in [0.05, 0.1) is 11.0 Å². The molecule has 0 aliphatic rings. The predicted molar refractivity (Wildman–Crippen MR) is 95.6 cm³/mol. The highest BCUT2D eigenvalue weighted by Crippen LogP contribution is 2.21. The second kappa shape index (κ2) is 7.13. The number of hydrogen-bond donors (Lipinski definition) is 0. The van der Waals surface area contributed by atoms with Gasteiger partial charge in [-0.2, -0.15) is 0 Å². The molecule has 0 saturated carbocycles. The summed E-state index contributed by atoms with van der Waals surface area (Å²) in [5.74, 6) is 0.0342. The topological polar surface area (TPSA) is 44.1 Å². The van der Waals surface area contributed by atoms with Gasteiger partial charge >= 0.3 is 5.97 Å². The molecule has 0 spiro atoms. The number of nitrogens with zero attached hydrogens (tertiary/aromatic N) is 2. The van der Waals surface area contributed by atoms with Crippen LogP contribution in [0.4, 0.5) is 0 Å². The summed E-state index contributed by atoms with van der Waals surface area (Å²) < 4.78 is 7.30. The van der Waals surface area contributed by atoms with E-state index in [1.54, 1.807) is 0 Å². The largest absolute Gasteiger partial charge is 0.461 e. The molecule has 0 radical (unpaired) electrons. The average molecular weight is 320 g/mol. The molecule has 1 aromatic heterocycles. The maximum Gasteiger partial charge on any atom is 0.316 e. The van der Waals surface area contributed by atoms with E-state index in [0.29, 0.717) is 5.82 Å². The van der Waals surface area contributed by atoms with Crippen molar-refractivity contribution in [2.24, 2.45) is 7.05 Å². The van der Waals surface area contributed by atoms with Gasteiger partial charge in [0.25, 0.3) is 0 Å². The molecule has 0 saturated heterocycles. The van der Waals surface area contributed by atoms with Crippen LogP contribution in [-0.2, 0) is 16.6 Å². The molecule has 1 atom stereocenters. The first-order chi connectivity index (χ1) is 11.7. The number of aryl methyl sites for hydroxylation is 1. The molecular formula is C20H20N2O2. The van der Waals surface area contributed by atoms with E-state index in [2.05, 4.69) is 4.98 Å². The van der Waals surface area contributed by atoms with Crippen LogP contribution in [0.15, 0.2) is 60.7 Å². The molecule has 24 heavy (non-hydrogen) atoms. The molecule has 1 unspecified atom stereocenters. The fourth-order valence-electron chi connectivity index (χ4n) is 2.66. The lowest BCUT2D eigenvalue weighted by Gasteiger charge is -2.10. The minimum atomic E-state index is -0.410. The third-order valence-electron chi connectivity index (χ3n) is 3.99. The Morgan fingerprint density at radius 3 is 2.62 bits per heavy atom. The summed E-state index contributed by atoms with van der Waals surface area (Å²) in [5, 5.41) is 0. The number of hydrogen-bond acceptors (Lipinski definition) is 3. The highest BCUT2D eigenvalue weighted by Gasteiger charge is 2.22. The minimum absolute atomic E-state index is 0.252. The molecule has 4 nitrogen and oxygen atoms in total. The maximum absolute atomic E-state index is 12.3. The first-order valence-electron chi connectivity index (χ1n) is 7.96. The van der Waals surface area contributed by atoms with E-state index in [1.807, 2.05) is 85.3 Å². The Bertz CT molecular complexity index is 866. The number of carbonyl (C=O) groups excluding carboxylic acids is 1. The lowest BCUT2D eigenvalue weighted by Crippen LogP contribution is -2.16. The molecule has 3 rings (SSSR count). The van der Waals surface area contributed by atoms with Crippen molar-refractivity contribution in [1.29, 1.82) is 0 Å². The molecule has 0 fully saturated rings. The highest BCUT2D eigenvalue weighted by atomic mass is 16.5. The number of fused-ring (bicyclic) bond motifs is 1. The van der Waals surface area contributed by atoms with E-state index < -0.39 is 5.92 Å². The van der Waals surface area contributed by atoms with Gasteiger partial charge < -0.3 is 9.30 Å². The van der Waals surface area contributed by atoms with Gasteiger partial charge in [0, 0.05) is 7.05 Å². The number of aromatic nitrogens is 2. The number of carbonyl (C=O) groups is 1. The molecule has 0 aliphatic heterocycles. The molecule has 2 aromatic carbocycles. The van der Waals surface area contributed by atoms with E-state index in [9.17, 15) is 4.79 Å². The van der Waals surface area contributed by atoms with Crippen LogP contribution < -0.4 is 0 Å². The summed E-state index contributed by atoms with van der Waals surface area (Å²) in [6.45, 7) is 2.08. The van der Waals surface area contributed by atoms with Crippen molar-refractivity contribution in [3.63, 3.8) is 0 Å². The number of rotatable bonds is 5. The maximum atomic E-state index is 12.3. The number of esters is 1. The van der Waals surface area contributed by atoms with E-state index in [4.69, 9.17) is 4.74 Å². The van der Waals surface area contributed by atoms with Gasteiger partial charge in [-0.1, -0.05) is 48.5 Å². The standard InChI is InChI=1S/C20H20N2O2/c1-15(19-21-17-12-6-7-13-18(17)22(19)2)20(23)24-14-8-11-16-9-4-3-5-10-16/h3-13,15H,14H2,1-2H3/b11-8+. The average Bonchev–Trinajstić information content (AvgIpc) is 2.96. The zero-order valence-corrected chi connectivity index (χ0v) is 13.8. The van der Waals surface area contributed by atoms with E-state index in [0.717, 1.165) is 16.6 Å². The normalized spacial score (nSPS) is 12.6. The Balaban J connectivity index is 1.64. The van der Waals surface area contributed by atoms with Crippen molar-refractivity contribution in [2.45, 2.75) is 12.8 Å². The molecule has 0 N–H and O–H groups in total. The van der Waals surface area contributed by atoms with E-state index in [1.165, 1.54) is 0 Å². The molecule has 3 aromatic rings. The van der Waals surface area contributed by atoms with Crippen LogP contribution in [0.5, 0.6) is 0 Å². The van der Waals surface area contributed by atoms with Gasteiger partial charge in [-0.25, -0.2) is 4.98 Å². The van der Waals surface area contributed by atoms with E-state index >= 15 is 0 Å². The molecule has 0 aliphatic carbocycles. The summed E-state index contributed by atoms with van der Waals surface area (Å²) in [7, 11) is 1.92. The molecule has 4 heteroatoms. The third-order valence-corrected chi connectivity index (χ3v) is 3.99. The summed E-state index contributed by atoms with van der Waals surface area (Å²) in [6, 6.07) is 17.8. The Hall–Kier alpha value is -2.88. The first-order valence-corrected chi connectivity index (χ1v) is 7.96. The summed E-state index contributed by atoms with van der Waals surface area (Å²) in [6.07, 6.45) is 3.78. The Morgan fingerprint density at radius 2 is 1.88 bits per heavy atom. The molecule has 122 valence electrons. The summed E-state index contributed by atoms with van der Waals surface area (Å²) in [4.78, 5) is 16.8. The van der Waals surface area contributed by atoms with Crippen LogP contribution in [0.25, 0.3) is 17.1 Å². The lowest BCUT2D eigenvalue weighted by atomic mass is 10.1. The van der Waals surface area contributed by atoms with Crippen LogP contribution in [0.2, 0.25) is 0 Å². The number of imidazole rings is 1. The molecule has 1 heterocycles. The van der Waals surface area contributed by atoms with Gasteiger partial charge in [0.1, 0.15) is 18.3 Å². The van der Waals surface area contributed by atoms with E-state index in [-0.39, 0.29) is 12.6 Å². The SMILES string of the molecule is CC(C(=O)OC/C=C/c1ccccc1)c1nc2ccccc2n1C. The molecule has 0 bridgehead atoms. The zero-order chi connectivity index (χ0) is 16.9. The van der Waals surface area contributed by atoms with Gasteiger partial charge in [0.2, 0.25) is 0 Å². The van der Waals surface area contributed by atoms with Crippen LogP contribution in [-0.4, -0.2) is 22.1 Å². The Morgan fingerprint density at radius 1 is 1.17 bits per heavy atom. The van der Waals surface area contributed by atoms with Crippen LogP contribution in [0.3, 0.4) is 0 Å². The summed E-state index contributed by atoms with van der Waals surface area (Å²) in [5.41, 5.74) is 2.98. The van der Waals surface area contributed by atoms with Crippen LogP contribution in [0.1, 0.15) is 24.2 Å². The minimum Gasteiger partial charge on any atom is -0.461 e. The van der Waals surface area contributed by atoms with Crippen molar-refractivity contribution in [2.75, 3.05) is 6.61 Å². The van der Waals surface area contributed by atoms with Crippen LogP contribution in [0, 0.1) is 0 Å². The van der Waals surface area contributed by atoms with Gasteiger partial charge in [0.15, 0.2) is 0 Å². The fourth-order valence-corrected chi connectivity index (χ4v) is 2.66. The monoisotopic (exact) mass is 320 g/mol. The number of ether oxygens (including phenoxy) is 1. The quantitative estimate of drug-likeness (QED) is 0.669. The summed E-state index contributed by atoms with van der Waals surface area (Å²) >= 11 is 0.